The third-order valence-corrected chi connectivity index (χ3v) is 5.27. The van der Waals surface area contributed by atoms with E-state index in [0.717, 1.165) is 14.4 Å². The summed E-state index contributed by atoms with van der Waals surface area (Å²) in [5.74, 6) is 0.488. The smallest absolute Gasteiger partial charge is 0.269 e. The summed E-state index contributed by atoms with van der Waals surface area (Å²) < 4.78 is 2.94. The van der Waals surface area contributed by atoms with Gasteiger partial charge in [0.1, 0.15) is 5.69 Å². The number of hydrogen-bond acceptors (Lipinski definition) is 3. The molecule has 22 heavy (non-hydrogen) atoms. The van der Waals surface area contributed by atoms with Crippen molar-refractivity contribution in [1.82, 2.24) is 15.1 Å². The standard InChI is InChI=1S/C16H20BrN3OS/c1-16(2,3)20-13(8-12(19-20)10-4-5-10)15(21)18-9-11-6-7-14(17)22-11/h6-8,10H,4-5,9H2,1-3H3,(H,18,21). The first-order valence-corrected chi connectivity index (χ1v) is 9.08. The molecule has 1 fully saturated rings. The summed E-state index contributed by atoms with van der Waals surface area (Å²) in [5, 5.41) is 7.68. The van der Waals surface area contributed by atoms with Crippen LogP contribution in [-0.2, 0) is 12.1 Å². The van der Waals surface area contributed by atoms with Crippen LogP contribution in [0.1, 0.15) is 60.6 Å². The van der Waals surface area contributed by atoms with Gasteiger partial charge in [0.2, 0.25) is 0 Å². The number of thiophene rings is 1. The van der Waals surface area contributed by atoms with Crippen LogP contribution in [0.15, 0.2) is 22.0 Å². The van der Waals surface area contributed by atoms with Gasteiger partial charge >= 0.3 is 0 Å². The van der Waals surface area contributed by atoms with Gasteiger partial charge in [-0.25, -0.2) is 0 Å². The van der Waals surface area contributed by atoms with Crippen molar-refractivity contribution in [1.29, 1.82) is 0 Å². The summed E-state index contributed by atoms with van der Waals surface area (Å²) in [7, 11) is 0. The normalized spacial score (nSPS) is 15.1. The van der Waals surface area contributed by atoms with Crippen molar-refractivity contribution < 1.29 is 4.79 Å². The summed E-state index contributed by atoms with van der Waals surface area (Å²) in [6, 6.07) is 5.98. The fourth-order valence-electron chi connectivity index (χ4n) is 2.36. The van der Waals surface area contributed by atoms with Crippen molar-refractivity contribution in [2.75, 3.05) is 0 Å². The molecular weight excluding hydrogens is 362 g/mol. The van der Waals surface area contributed by atoms with Gasteiger partial charge in [-0.3, -0.25) is 9.48 Å². The Morgan fingerprint density at radius 1 is 1.45 bits per heavy atom. The Morgan fingerprint density at radius 3 is 2.73 bits per heavy atom. The lowest BCUT2D eigenvalue weighted by atomic mass is 10.1. The number of aromatic nitrogens is 2. The van der Waals surface area contributed by atoms with Crippen molar-refractivity contribution in [2.24, 2.45) is 0 Å². The van der Waals surface area contributed by atoms with Gasteiger partial charge in [-0.05, 0) is 67.7 Å². The minimum absolute atomic E-state index is 0.0566. The first-order valence-electron chi connectivity index (χ1n) is 7.47. The molecule has 2 aromatic rings. The van der Waals surface area contributed by atoms with E-state index in [4.69, 9.17) is 0 Å². The molecule has 1 aliphatic carbocycles. The van der Waals surface area contributed by atoms with E-state index in [1.165, 1.54) is 12.8 Å². The zero-order chi connectivity index (χ0) is 15.9. The van der Waals surface area contributed by atoms with Crippen LogP contribution in [0.3, 0.4) is 0 Å². The molecule has 2 heterocycles. The number of carbonyl (C=O) groups is 1. The molecule has 1 amide bonds. The molecule has 0 saturated heterocycles. The molecule has 0 aromatic carbocycles. The Balaban J connectivity index is 1.78. The van der Waals surface area contributed by atoms with Crippen molar-refractivity contribution in [3.63, 3.8) is 0 Å². The molecule has 0 spiro atoms. The highest BCUT2D eigenvalue weighted by Crippen LogP contribution is 2.40. The molecule has 3 rings (SSSR count). The Morgan fingerprint density at radius 2 is 2.18 bits per heavy atom. The van der Waals surface area contributed by atoms with Crippen molar-refractivity contribution in [2.45, 2.75) is 51.6 Å². The monoisotopic (exact) mass is 381 g/mol. The quantitative estimate of drug-likeness (QED) is 0.859. The average Bonchev–Trinajstić information content (AvgIpc) is 3.04. The minimum Gasteiger partial charge on any atom is -0.346 e. The van der Waals surface area contributed by atoms with Gasteiger partial charge in [-0.15, -0.1) is 11.3 Å². The van der Waals surface area contributed by atoms with E-state index in [-0.39, 0.29) is 11.4 Å². The van der Waals surface area contributed by atoms with Crippen LogP contribution in [-0.4, -0.2) is 15.7 Å². The highest BCUT2D eigenvalue weighted by Gasteiger charge is 2.31. The second kappa shape index (κ2) is 5.81. The molecule has 0 radical (unpaired) electrons. The lowest BCUT2D eigenvalue weighted by Gasteiger charge is -2.22. The Bertz CT molecular complexity index is 695. The van der Waals surface area contributed by atoms with Crippen molar-refractivity contribution in [3.8, 4) is 0 Å². The predicted molar refractivity (Wildman–Crippen MR) is 92.4 cm³/mol. The average molecular weight is 382 g/mol. The molecule has 4 nitrogen and oxygen atoms in total. The molecule has 1 saturated carbocycles. The lowest BCUT2D eigenvalue weighted by Crippen LogP contribution is -2.32. The summed E-state index contributed by atoms with van der Waals surface area (Å²) in [4.78, 5) is 13.7. The maximum atomic E-state index is 12.6. The largest absolute Gasteiger partial charge is 0.346 e. The number of hydrogen-bond donors (Lipinski definition) is 1. The van der Waals surface area contributed by atoms with Crippen LogP contribution < -0.4 is 5.32 Å². The third kappa shape index (κ3) is 3.43. The van der Waals surface area contributed by atoms with Crippen LogP contribution in [0.25, 0.3) is 0 Å². The molecule has 6 heteroatoms. The zero-order valence-electron chi connectivity index (χ0n) is 13.0. The molecule has 1 N–H and O–H groups in total. The Kier molecular flexibility index (Phi) is 4.16. The van der Waals surface area contributed by atoms with E-state index in [9.17, 15) is 4.79 Å². The molecule has 118 valence electrons. The summed E-state index contributed by atoms with van der Waals surface area (Å²) in [5.41, 5.74) is 1.51. The molecule has 0 unspecified atom stereocenters. The van der Waals surface area contributed by atoms with Crippen LogP contribution >= 0.6 is 27.3 Å². The molecule has 2 aromatic heterocycles. The van der Waals surface area contributed by atoms with E-state index in [1.807, 2.05) is 22.9 Å². The number of amides is 1. The molecule has 0 bridgehead atoms. The van der Waals surface area contributed by atoms with Crippen molar-refractivity contribution in [3.05, 3.63) is 38.3 Å². The number of nitrogens with one attached hydrogen (secondary N) is 1. The second-order valence-corrected chi connectivity index (χ2v) is 9.25. The summed E-state index contributed by atoms with van der Waals surface area (Å²) >= 11 is 5.07. The van der Waals surface area contributed by atoms with Gasteiger partial charge in [-0.1, -0.05) is 0 Å². The van der Waals surface area contributed by atoms with E-state index < -0.39 is 0 Å². The number of nitrogens with zero attached hydrogens (tertiary/aromatic N) is 2. The first kappa shape index (κ1) is 15.7. The van der Waals surface area contributed by atoms with Crippen LogP contribution in [0.5, 0.6) is 0 Å². The van der Waals surface area contributed by atoms with E-state index in [2.05, 4.69) is 47.1 Å². The first-order chi connectivity index (χ1) is 10.3. The van der Waals surface area contributed by atoms with Gasteiger partial charge < -0.3 is 5.32 Å². The Labute approximate surface area is 143 Å². The second-order valence-electron chi connectivity index (χ2n) is 6.70. The highest BCUT2D eigenvalue weighted by atomic mass is 79.9. The van der Waals surface area contributed by atoms with Gasteiger partial charge in [-0.2, -0.15) is 5.10 Å². The molecule has 1 aliphatic rings. The van der Waals surface area contributed by atoms with E-state index in [1.54, 1.807) is 11.3 Å². The van der Waals surface area contributed by atoms with Gasteiger partial charge in [0.25, 0.3) is 5.91 Å². The maximum absolute atomic E-state index is 12.6. The summed E-state index contributed by atoms with van der Waals surface area (Å²) in [6.07, 6.45) is 2.37. The van der Waals surface area contributed by atoms with Gasteiger partial charge in [0, 0.05) is 10.8 Å². The van der Waals surface area contributed by atoms with Crippen LogP contribution in [0, 0.1) is 0 Å². The number of carbonyl (C=O) groups excluding carboxylic acids is 1. The number of rotatable bonds is 4. The zero-order valence-corrected chi connectivity index (χ0v) is 15.4. The number of halogens is 1. The summed E-state index contributed by atoms with van der Waals surface area (Å²) in [6.45, 7) is 6.76. The van der Waals surface area contributed by atoms with Gasteiger partial charge in [0.15, 0.2) is 0 Å². The topological polar surface area (TPSA) is 46.9 Å². The predicted octanol–water partition coefficient (Wildman–Crippen LogP) is 4.27. The Hall–Kier alpha value is -1.14. The fourth-order valence-corrected chi connectivity index (χ4v) is 3.78. The molecular formula is C16H20BrN3OS. The highest BCUT2D eigenvalue weighted by molar-refractivity contribution is 9.11. The van der Waals surface area contributed by atoms with E-state index >= 15 is 0 Å². The lowest BCUT2D eigenvalue weighted by molar-refractivity contribution is 0.0933. The fraction of sp³-hybridized carbons (Fsp3) is 0.500. The van der Waals surface area contributed by atoms with Crippen LogP contribution in [0.4, 0.5) is 0 Å². The minimum atomic E-state index is -0.203. The van der Waals surface area contributed by atoms with Gasteiger partial charge in [0.05, 0.1) is 21.6 Å². The molecule has 0 atom stereocenters. The van der Waals surface area contributed by atoms with Crippen molar-refractivity contribution >= 4 is 33.2 Å². The third-order valence-electron chi connectivity index (χ3n) is 3.64. The maximum Gasteiger partial charge on any atom is 0.269 e. The van der Waals surface area contributed by atoms with E-state index in [0.29, 0.717) is 18.2 Å². The SMILES string of the molecule is CC(C)(C)n1nc(C2CC2)cc1C(=O)NCc1ccc(Br)s1. The van der Waals surface area contributed by atoms with Crippen LogP contribution in [0.2, 0.25) is 0 Å². The molecule has 0 aliphatic heterocycles.